The van der Waals surface area contributed by atoms with Gasteiger partial charge in [0.05, 0.1) is 29.1 Å². The topological polar surface area (TPSA) is 86.8 Å². The summed E-state index contributed by atoms with van der Waals surface area (Å²) in [6.07, 6.45) is 6.49. The van der Waals surface area contributed by atoms with Crippen LogP contribution in [0.3, 0.4) is 0 Å². The molecule has 150 valence electrons. The minimum Gasteiger partial charge on any atom is -0.754 e. The predicted octanol–water partition coefficient (Wildman–Crippen LogP) is 3.72. The highest BCUT2D eigenvalue weighted by atomic mass is 16.5. The number of hydroxylamine groups is 2. The van der Waals surface area contributed by atoms with Crippen molar-refractivity contribution in [3.05, 3.63) is 129 Å². The number of hydrogen-bond acceptors (Lipinski definition) is 5. The molecule has 2 N–H and O–H groups in total. The van der Waals surface area contributed by atoms with Crippen molar-refractivity contribution in [2.45, 2.75) is 0 Å². The third-order valence-electron chi connectivity index (χ3n) is 5.04. The lowest BCUT2D eigenvalue weighted by molar-refractivity contribution is -0.397. The normalized spacial score (nSPS) is 19.2. The summed E-state index contributed by atoms with van der Waals surface area (Å²) in [5.74, 6) is 0. The van der Waals surface area contributed by atoms with Crippen LogP contribution in [0.5, 0.6) is 0 Å². The zero-order chi connectivity index (χ0) is 21.1. The summed E-state index contributed by atoms with van der Waals surface area (Å²) in [5.41, 5.74) is 2.70. The molecular formula is C24H20N2O4. The molecule has 2 heterocycles. The first-order chi connectivity index (χ1) is 14.7. The van der Waals surface area contributed by atoms with Crippen LogP contribution in [0, 0.1) is 10.1 Å². The smallest absolute Gasteiger partial charge is 0.292 e. The highest BCUT2D eigenvalue weighted by Gasteiger charge is 2.37. The third-order valence-corrected chi connectivity index (χ3v) is 5.04. The summed E-state index contributed by atoms with van der Waals surface area (Å²) >= 11 is 0. The lowest BCUT2D eigenvalue weighted by atomic mass is 9.97. The SMILES string of the molecule is O=[N+]1C(c2ccccc2)=CC=C(CO)C1=C1C(CO)=CC=C(c2ccccc2)N1[O-]. The maximum Gasteiger partial charge on any atom is 0.292 e. The standard InChI is InChI=1S/C24H20N2O4/c27-15-19-11-13-21(17-7-3-1-4-8-17)25(29)23(19)24-20(16-28)12-14-22(26(24)30)18-9-5-2-6-10-18/h1-14,27-28H,15-16H2. The molecule has 0 unspecified atom stereocenters. The van der Waals surface area contributed by atoms with Gasteiger partial charge in [-0.15, -0.1) is 0 Å². The molecule has 2 aliphatic heterocycles. The van der Waals surface area contributed by atoms with E-state index in [0.717, 1.165) is 0 Å². The van der Waals surface area contributed by atoms with Crippen LogP contribution >= 0.6 is 0 Å². The Bertz CT molecular complexity index is 1130. The minimum atomic E-state index is -0.424. The Hall–Kier alpha value is -3.58. The van der Waals surface area contributed by atoms with Crippen LogP contribution in [0.4, 0.5) is 0 Å². The number of nitroso groups, excluding NO2 is 1. The van der Waals surface area contributed by atoms with Crippen molar-refractivity contribution in [2.24, 2.45) is 0 Å². The average molecular weight is 400 g/mol. The quantitative estimate of drug-likeness (QED) is 0.764. The Morgan fingerprint density at radius 1 is 0.767 bits per heavy atom. The highest BCUT2D eigenvalue weighted by Crippen LogP contribution is 2.37. The molecule has 0 aliphatic carbocycles. The van der Waals surface area contributed by atoms with Crippen molar-refractivity contribution >= 4 is 11.4 Å². The molecule has 0 saturated carbocycles. The molecule has 2 aromatic carbocycles. The second kappa shape index (κ2) is 8.42. The third kappa shape index (κ3) is 3.44. The van der Waals surface area contributed by atoms with E-state index in [2.05, 4.69) is 0 Å². The van der Waals surface area contributed by atoms with Gasteiger partial charge in [0, 0.05) is 22.3 Å². The van der Waals surface area contributed by atoms with Crippen LogP contribution in [0.2, 0.25) is 0 Å². The maximum absolute atomic E-state index is 13.4. The first kappa shape index (κ1) is 19.7. The summed E-state index contributed by atoms with van der Waals surface area (Å²) in [5, 5.41) is 33.8. The fraction of sp³-hybridized carbons (Fsp3) is 0.0833. The van der Waals surface area contributed by atoms with E-state index in [1.54, 1.807) is 48.6 Å². The molecule has 6 nitrogen and oxygen atoms in total. The minimum absolute atomic E-state index is 0.0238. The number of rotatable bonds is 4. The van der Waals surface area contributed by atoms with Crippen LogP contribution < -0.4 is 0 Å². The summed E-state index contributed by atoms with van der Waals surface area (Å²) < 4.78 is 0.651. The second-order valence-electron chi connectivity index (χ2n) is 6.82. The Morgan fingerprint density at radius 3 is 1.93 bits per heavy atom. The summed E-state index contributed by atoms with van der Waals surface area (Å²) in [6.45, 7) is -0.847. The zero-order valence-electron chi connectivity index (χ0n) is 16.1. The molecule has 0 fully saturated rings. The van der Waals surface area contributed by atoms with Gasteiger partial charge in [-0.05, 0) is 29.8 Å². The van der Waals surface area contributed by atoms with Crippen LogP contribution in [-0.2, 0) is 0 Å². The number of aliphatic hydroxyl groups excluding tert-OH is 2. The molecule has 6 heteroatoms. The van der Waals surface area contributed by atoms with E-state index in [0.29, 0.717) is 43.5 Å². The molecule has 4 rings (SSSR count). The molecule has 30 heavy (non-hydrogen) atoms. The largest absolute Gasteiger partial charge is 0.754 e. The Labute approximate surface area is 173 Å². The van der Waals surface area contributed by atoms with Crippen molar-refractivity contribution in [1.82, 2.24) is 5.06 Å². The van der Waals surface area contributed by atoms with E-state index in [-0.39, 0.29) is 11.4 Å². The molecule has 2 aromatic rings. The van der Waals surface area contributed by atoms with E-state index in [9.17, 15) is 20.3 Å². The number of hydrogen-bond donors (Lipinski definition) is 2. The van der Waals surface area contributed by atoms with Crippen molar-refractivity contribution < 1.29 is 15.0 Å². The zero-order valence-corrected chi connectivity index (χ0v) is 16.1. The number of aliphatic hydroxyl groups is 2. The molecular weight excluding hydrogens is 380 g/mol. The van der Waals surface area contributed by atoms with E-state index < -0.39 is 13.2 Å². The molecule has 0 atom stereocenters. The predicted molar refractivity (Wildman–Crippen MR) is 115 cm³/mol. The van der Waals surface area contributed by atoms with Crippen LogP contribution in [0.25, 0.3) is 11.4 Å². The average Bonchev–Trinajstić information content (AvgIpc) is 2.80. The van der Waals surface area contributed by atoms with Crippen molar-refractivity contribution in [3.63, 3.8) is 0 Å². The molecule has 0 saturated heterocycles. The molecule has 2 aliphatic rings. The van der Waals surface area contributed by atoms with E-state index in [1.165, 1.54) is 0 Å². The van der Waals surface area contributed by atoms with Gasteiger partial charge in [0.25, 0.3) is 11.4 Å². The lowest BCUT2D eigenvalue weighted by Crippen LogP contribution is -2.27. The van der Waals surface area contributed by atoms with Gasteiger partial charge < -0.3 is 20.5 Å². The van der Waals surface area contributed by atoms with Crippen LogP contribution in [-0.4, -0.2) is 33.3 Å². The Morgan fingerprint density at radius 2 is 1.33 bits per heavy atom. The summed E-state index contributed by atoms with van der Waals surface area (Å²) in [4.78, 5) is 13.4. The fourth-order valence-electron chi connectivity index (χ4n) is 3.55. The Balaban J connectivity index is 1.88. The van der Waals surface area contributed by atoms with Gasteiger partial charge in [-0.25, -0.2) is 0 Å². The van der Waals surface area contributed by atoms with Crippen molar-refractivity contribution in [2.75, 3.05) is 13.2 Å². The van der Waals surface area contributed by atoms with Gasteiger partial charge in [0.15, 0.2) is 0 Å². The number of nitrogens with zero attached hydrogens (tertiary/aromatic N) is 2. The van der Waals surface area contributed by atoms with E-state index in [4.69, 9.17) is 0 Å². The summed E-state index contributed by atoms with van der Waals surface area (Å²) in [7, 11) is 0. The number of benzene rings is 2. The van der Waals surface area contributed by atoms with Crippen molar-refractivity contribution in [1.29, 1.82) is 0 Å². The van der Waals surface area contributed by atoms with Gasteiger partial charge in [0.1, 0.15) is 5.70 Å². The van der Waals surface area contributed by atoms with Crippen LogP contribution in [0.15, 0.2) is 108 Å². The first-order valence-electron chi connectivity index (χ1n) is 9.49. The number of allylic oxidation sites excluding steroid dienone is 4. The molecule has 0 spiro atoms. The van der Waals surface area contributed by atoms with Gasteiger partial charge >= 0.3 is 0 Å². The monoisotopic (exact) mass is 400 g/mol. The van der Waals surface area contributed by atoms with E-state index in [1.807, 2.05) is 36.4 Å². The highest BCUT2D eigenvalue weighted by molar-refractivity contribution is 5.73. The van der Waals surface area contributed by atoms with Gasteiger partial charge in [-0.3, -0.25) is 0 Å². The molecule has 0 radical (unpaired) electrons. The Kier molecular flexibility index (Phi) is 5.54. The fourth-order valence-corrected chi connectivity index (χ4v) is 3.55. The van der Waals surface area contributed by atoms with E-state index >= 15 is 0 Å². The molecule has 0 amide bonds. The van der Waals surface area contributed by atoms with Gasteiger partial charge in [-0.1, -0.05) is 54.6 Å². The summed E-state index contributed by atoms with van der Waals surface area (Å²) in [6, 6.07) is 18.2. The first-order valence-corrected chi connectivity index (χ1v) is 9.49. The second-order valence-corrected chi connectivity index (χ2v) is 6.82. The van der Waals surface area contributed by atoms with Gasteiger partial charge in [0.2, 0.25) is 0 Å². The van der Waals surface area contributed by atoms with Gasteiger partial charge in [-0.2, -0.15) is 0 Å². The maximum atomic E-state index is 13.4. The lowest BCUT2D eigenvalue weighted by Gasteiger charge is -2.38. The molecule has 0 aromatic heterocycles. The van der Waals surface area contributed by atoms with Crippen molar-refractivity contribution in [3.8, 4) is 0 Å². The molecule has 0 bridgehead atoms. The van der Waals surface area contributed by atoms with Crippen LogP contribution in [0.1, 0.15) is 11.1 Å².